The summed E-state index contributed by atoms with van der Waals surface area (Å²) in [4.78, 5) is 13.6. The van der Waals surface area contributed by atoms with Crippen molar-refractivity contribution >= 4 is 5.91 Å². The standard InChI is InChI=1S/C9H20N4O/c1-9(2,8(14)12-11)6-13-4-3-7(10)5-13/h7H,3-6,10-11H2,1-2H3,(H,12,14). The summed E-state index contributed by atoms with van der Waals surface area (Å²) in [6.07, 6.45) is 1.01. The highest BCUT2D eigenvalue weighted by Gasteiger charge is 2.31. The molecule has 1 rings (SSSR count). The highest BCUT2D eigenvalue weighted by atomic mass is 16.2. The maximum absolute atomic E-state index is 11.4. The number of hydrogen-bond donors (Lipinski definition) is 3. The summed E-state index contributed by atoms with van der Waals surface area (Å²) < 4.78 is 0. The molecule has 5 nitrogen and oxygen atoms in total. The van der Waals surface area contributed by atoms with Crippen LogP contribution in [0.2, 0.25) is 0 Å². The normalized spacial score (nSPS) is 23.9. The number of hydrazine groups is 1. The van der Waals surface area contributed by atoms with Crippen molar-refractivity contribution < 1.29 is 4.79 Å². The van der Waals surface area contributed by atoms with Crippen LogP contribution in [0.15, 0.2) is 0 Å². The van der Waals surface area contributed by atoms with Gasteiger partial charge in [-0.05, 0) is 26.8 Å². The number of carbonyl (C=O) groups is 1. The van der Waals surface area contributed by atoms with Crippen LogP contribution in [0.5, 0.6) is 0 Å². The van der Waals surface area contributed by atoms with Gasteiger partial charge >= 0.3 is 0 Å². The van der Waals surface area contributed by atoms with Crippen molar-refractivity contribution in [1.82, 2.24) is 10.3 Å². The highest BCUT2D eigenvalue weighted by Crippen LogP contribution is 2.19. The third-order valence-corrected chi connectivity index (χ3v) is 2.67. The van der Waals surface area contributed by atoms with E-state index in [9.17, 15) is 4.79 Å². The van der Waals surface area contributed by atoms with Crippen molar-refractivity contribution in [2.24, 2.45) is 17.0 Å². The second-order valence-electron chi connectivity index (χ2n) is 4.64. The number of carbonyl (C=O) groups excluding carboxylic acids is 1. The fourth-order valence-electron chi connectivity index (χ4n) is 1.83. The molecule has 0 aliphatic carbocycles. The van der Waals surface area contributed by atoms with Crippen molar-refractivity contribution in [1.29, 1.82) is 0 Å². The molecule has 1 atom stereocenters. The number of amides is 1. The van der Waals surface area contributed by atoms with Gasteiger partial charge in [-0.3, -0.25) is 10.2 Å². The summed E-state index contributed by atoms with van der Waals surface area (Å²) in [5.74, 6) is 4.99. The lowest BCUT2D eigenvalue weighted by Crippen LogP contribution is -2.47. The number of hydrogen-bond acceptors (Lipinski definition) is 4. The van der Waals surface area contributed by atoms with Crippen molar-refractivity contribution in [3.63, 3.8) is 0 Å². The summed E-state index contributed by atoms with van der Waals surface area (Å²) in [6.45, 7) is 6.34. The van der Waals surface area contributed by atoms with Gasteiger partial charge in [0.15, 0.2) is 0 Å². The van der Waals surface area contributed by atoms with Crippen LogP contribution >= 0.6 is 0 Å². The molecule has 1 heterocycles. The van der Waals surface area contributed by atoms with Crippen LogP contribution in [0.4, 0.5) is 0 Å². The van der Waals surface area contributed by atoms with Gasteiger partial charge in [-0.1, -0.05) is 0 Å². The van der Waals surface area contributed by atoms with Crippen LogP contribution in [-0.2, 0) is 4.79 Å². The fourth-order valence-corrected chi connectivity index (χ4v) is 1.83. The Labute approximate surface area is 84.8 Å². The van der Waals surface area contributed by atoms with E-state index >= 15 is 0 Å². The Morgan fingerprint density at radius 2 is 2.29 bits per heavy atom. The molecule has 1 fully saturated rings. The molecular weight excluding hydrogens is 180 g/mol. The molecule has 5 N–H and O–H groups in total. The first kappa shape index (κ1) is 11.4. The molecule has 0 saturated carbocycles. The van der Waals surface area contributed by atoms with E-state index in [-0.39, 0.29) is 11.9 Å². The molecule has 82 valence electrons. The van der Waals surface area contributed by atoms with Gasteiger partial charge in [0.05, 0.1) is 5.41 Å². The molecule has 1 amide bonds. The van der Waals surface area contributed by atoms with Crippen molar-refractivity contribution in [2.75, 3.05) is 19.6 Å². The predicted octanol–water partition coefficient (Wildman–Crippen LogP) is -0.964. The second-order valence-corrected chi connectivity index (χ2v) is 4.64. The topological polar surface area (TPSA) is 84.4 Å². The lowest BCUT2D eigenvalue weighted by Gasteiger charge is -2.28. The summed E-state index contributed by atoms with van der Waals surface area (Å²) in [7, 11) is 0. The average molecular weight is 200 g/mol. The van der Waals surface area contributed by atoms with Gasteiger partial charge in [-0.2, -0.15) is 0 Å². The molecule has 1 saturated heterocycles. The van der Waals surface area contributed by atoms with E-state index in [4.69, 9.17) is 11.6 Å². The average Bonchev–Trinajstić information content (AvgIpc) is 2.48. The highest BCUT2D eigenvalue weighted by molar-refractivity contribution is 5.81. The van der Waals surface area contributed by atoms with Gasteiger partial charge in [-0.15, -0.1) is 0 Å². The number of likely N-dealkylation sites (tertiary alicyclic amines) is 1. The van der Waals surface area contributed by atoms with Crippen LogP contribution < -0.4 is 17.0 Å². The zero-order valence-electron chi connectivity index (χ0n) is 8.92. The third-order valence-electron chi connectivity index (χ3n) is 2.67. The van der Waals surface area contributed by atoms with E-state index in [0.29, 0.717) is 6.54 Å². The van der Waals surface area contributed by atoms with Gasteiger partial charge in [0.2, 0.25) is 5.91 Å². The molecule has 0 aromatic rings. The maximum atomic E-state index is 11.4. The zero-order chi connectivity index (χ0) is 10.8. The molecule has 0 spiro atoms. The Balaban J connectivity index is 2.46. The van der Waals surface area contributed by atoms with Crippen LogP contribution in [-0.4, -0.2) is 36.5 Å². The monoisotopic (exact) mass is 200 g/mol. The Morgan fingerprint density at radius 3 is 2.71 bits per heavy atom. The molecule has 0 aromatic carbocycles. The van der Waals surface area contributed by atoms with Gasteiger partial charge in [-0.25, -0.2) is 5.84 Å². The molecule has 0 radical (unpaired) electrons. The SMILES string of the molecule is CC(C)(CN1CCC(N)C1)C(=O)NN. The van der Waals surface area contributed by atoms with E-state index in [0.717, 1.165) is 19.5 Å². The van der Waals surface area contributed by atoms with Crippen LogP contribution in [0.1, 0.15) is 20.3 Å². The van der Waals surface area contributed by atoms with Crippen LogP contribution in [0.25, 0.3) is 0 Å². The molecular formula is C9H20N4O. The minimum absolute atomic E-state index is 0.127. The minimum atomic E-state index is -0.446. The first-order valence-electron chi connectivity index (χ1n) is 4.94. The number of nitrogens with two attached hydrogens (primary N) is 2. The summed E-state index contributed by atoms with van der Waals surface area (Å²) in [5.41, 5.74) is 7.53. The first-order valence-corrected chi connectivity index (χ1v) is 4.94. The van der Waals surface area contributed by atoms with E-state index < -0.39 is 5.41 Å². The Kier molecular flexibility index (Phi) is 3.47. The van der Waals surface area contributed by atoms with Crippen LogP contribution in [0.3, 0.4) is 0 Å². The van der Waals surface area contributed by atoms with E-state index in [2.05, 4.69) is 10.3 Å². The molecule has 0 bridgehead atoms. The summed E-state index contributed by atoms with van der Waals surface area (Å²) >= 11 is 0. The van der Waals surface area contributed by atoms with E-state index in [1.54, 1.807) is 0 Å². The maximum Gasteiger partial charge on any atom is 0.240 e. The summed E-state index contributed by atoms with van der Waals surface area (Å²) in [6, 6.07) is 0.256. The van der Waals surface area contributed by atoms with Gasteiger partial charge in [0, 0.05) is 19.1 Å². The fraction of sp³-hybridized carbons (Fsp3) is 0.889. The number of rotatable bonds is 3. The van der Waals surface area contributed by atoms with E-state index in [1.807, 2.05) is 13.8 Å². The van der Waals surface area contributed by atoms with Crippen molar-refractivity contribution in [3.05, 3.63) is 0 Å². The molecule has 14 heavy (non-hydrogen) atoms. The first-order chi connectivity index (χ1) is 6.45. The predicted molar refractivity (Wildman–Crippen MR) is 55.1 cm³/mol. The zero-order valence-corrected chi connectivity index (χ0v) is 8.92. The largest absolute Gasteiger partial charge is 0.326 e. The van der Waals surface area contributed by atoms with Gasteiger partial charge < -0.3 is 10.6 Å². The lowest BCUT2D eigenvalue weighted by atomic mass is 9.92. The molecule has 1 unspecified atom stereocenters. The van der Waals surface area contributed by atoms with Gasteiger partial charge in [0.1, 0.15) is 0 Å². The number of nitrogens with zero attached hydrogens (tertiary/aromatic N) is 1. The molecule has 1 aliphatic rings. The van der Waals surface area contributed by atoms with Crippen molar-refractivity contribution in [2.45, 2.75) is 26.3 Å². The Morgan fingerprint density at radius 1 is 1.64 bits per heavy atom. The molecule has 5 heteroatoms. The molecule has 1 aliphatic heterocycles. The quantitative estimate of drug-likeness (QED) is 0.311. The van der Waals surface area contributed by atoms with E-state index in [1.165, 1.54) is 0 Å². The van der Waals surface area contributed by atoms with Crippen molar-refractivity contribution in [3.8, 4) is 0 Å². The minimum Gasteiger partial charge on any atom is -0.326 e. The smallest absolute Gasteiger partial charge is 0.240 e. The third kappa shape index (κ3) is 2.67. The summed E-state index contributed by atoms with van der Waals surface area (Å²) in [5, 5.41) is 0. The molecule has 0 aromatic heterocycles. The Hall–Kier alpha value is -0.650. The lowest BCUT2D eigenvalue weighted by molar-refractivity contribution is -0.130. The number of nitrogens with one attached hydrogen (secondary N) is 1. The van der Waals surface area contributed by atoms with Gasteiger partial charge in [0.25, 0.3) is 0 Å². The second kappa shape index (κ2) is 4.25. The van der Waals surface area contributed by atoms with Crippen LogP contribution in [0, 0.1) is 5.41 Å². The Bertz CT molecular complexity index is 217.